The molecule has 21 heavy (non-hydrogen) atoms. The van der Waals surface area contributed by atoms with E-state index in [9.17, 15) is 13.2 Å². The molecule has 2 atom stereocenters. The molecule has 2 N–H and O–H groups in total. The van der Waals surface area contributed by atoms with E-state index >= 15 is 0 Å². The molecule has 0 amide bonds. The molecule has 2 unspecified atom stereocenters. The number of nitrogens with zero attached hydrogens (tertiary/aromatic N) is 1. The Hall–Kier alpha value is -1.43. The summed E-state index contributed by atoms with van der Waals surface area (Å²) in [4.78, 5) is 1.93. The zero-order chi connectivity index (χ0) is 15.5. The van der Waals surface area contributed by atoms with Crippen LogP contribution in [0.5, 0.6) is 5.75 Å². The quantitative estimate of drug-likeness (QED) is 0.928. The number of hydrogen-bond acceptors (Lipinski definition) is 3. The highest BCUT2D eigenvalue weighted by molar-refractivity contribution is 5.49. The number of rotatable bonds is 4. The minimum atomic E-state index is -4.13. The summed E-state index contributed by atoms with van der Waals surface area (Å²) in [6.07, 6.45) is -4.48. The van der Waals surface area contributed by atoms with E-state index in [2.05, 4.69) is 0 Å². The minimum absolute atomic E-state index is 0.224. The number of anilines is 1. The molecule has 2 rings (SSSR count). The summed E-state index contributed by atoms with van der Waals surface area (Å²) in [6.45, 7) is 3.46. The van der Waals surface area contributed by atoms with Crippen LogP contribution in [0.4, 0.5) is 18.9 Å². The number of halogens is 3. The van der Waals surface area contributed by atoms with Gasteiger partial charge in [-0.25, -0.2) is 0 Å². The third-order valence-electron chi connectivity index (χ3n) is 3.60. The van der Waals surface area contributed by atoms with Gasteiger partial charge in [-0.1, -0.05) is 0 Å². The van der Waals surface area contributed by atoms with Crippen molar-refractivity contribution in [2.24, 2.45) is 11.7 Å². The number of benzene rings is 1. The fourth-order valence-corrected chi connectivity index (χ4v) is 2.85. The Bertz CT molecular complexity index is 447. The van der Waals surface area contributed by atoms with E-state index in [4.69, 9.17) is 10.5 Å². The van der Waals surface area contributed by atoms with E-state index in [0.717, 1.165) is 11.4 Å². The molecule has 0 aliphatic carbocycles. The highest BCUT2D eigenvalue weighted by Crippen LogP contribution is 2.32. The van der Waals surface area contributed by atoms with Crippen molar-refractivity contribution in [2.75, 3.05) is 24.6 Å². The van der Waals surface area contributed by atoms with Crippen molar-refractivity contribution in [3.8, 4) is 5.75 Å². The normalized spacial score (nSPS) is 23.2. The number of hydrogen-bond donors (Lipinski definition) is 1. The van der Waals surface area contributed by atoms with Gasteiger partial charge in [0.1, 0.15) is 5.75 Å². The van der Waals surface area contributed by atoms with Crippen molar-refractivity contribution in [1.82, 2.24) is 0 Å². The maximum Gasteiger partial charge on any atom is 0.389 e. The first-order valence-electron chi connectivity index (χ1n) is 7.17. The van der Waals surface area contributed by atoms with Crippen molar-refractivity contribution in [1.29, 1.82) is 0 Å². The van der Waals surface area contributed by atoms with Crippen LogP contribution in [0.2, 0.25) is 0 Å². The molecule has 6 heteroatoms. The van der Waals surface area contributed by atoms with Gasteiger partial charge in [-0.3, -0.25) is 0 Å². The summed E-state index contributed by atoms with van der Waals surface area (Å²) in [5, 5.41) is 0. The van der Waals surface area contributed by atoms with Gasteiger partial charge < -0.3 is 15.4 Å². The van der Waals surface area contributed by atoms with Crippen LogP contribution >= 0.6 is 0 Å². The molecule has 1 saturated heterocycles. The van der Waals surface area contributed by atoms with Crippen LogP contribution in [-0.2, 0) is 0 Å². The van der Waals surface area contributed by atoms with Gasteiger partial charge in [-0.05, 0) is 43.5 Å². The molecule has 0 bridgehead atoms. The molecule has 1 aromatic carbocycles. The smallest absolute Gasteiger partial charge is 0.389 e. The lowest BCUT2D eigenvalue weighted by molar-refractivity contribution is -0.145. The zero-order valence-corrected chi connectivity index (χ0v) is 12.1. The second kappa shape index (κ2) is 6.56. The molecule has 1 fully saturated rings. The molecular formula is C15H21F3N2O. The lowest BCUT2D eigenvalue weighted by Gasteiger charge is -2.38. The van der Waals surface area contributed by atoms with E-state index in [1.807, 2.05) is 36.1 Å². The van der Waals surface area contributed by atoms with Crippen LogP contribution in [0.15, 0.2) is 24.3 Å². The predicted octanol–water partition coefficient (Wildman–Crippen LogP) is 3.19. The fraction of sp³-hybridized carbons (Fsp3) is 0.600. The molecule has 118 valence electrons. The van der Waals surface area contributed by atoms with E-state index in [1.165, 1.54) is 0 Å². The molecule has 0 aromatic heterocycles. The Morgan fingerprint density at radius 2 is 1.90 bits per heavy atom. The van der Waals surface area contributed by atoms with Crippen molar-refractivity contribution < 1.29 is 17.9 Å². The third-order valence-corrected chi connectivity index (χ3v) is 3.60. The fourth-order valence-electron chi connectivity index (χ4n) is 2.85. The van der Waals surface area contributed by atoms with Crippen LogP contribution < -0.4 is 15.4 Å². The zero-order valence-electron chi connectivity index (χ0n) is 12.1. The van der Waals surface area contributed by atoms with Gasteiger partial charge in [-0.15, -0.1) is 0 Å². The Kier molecular flexibility index (Phi) is 4.98. The van der Waals surface area contributed by atoms with Crippen LogP contribution in [0, 0.1) is 5.92 Å². The summed E-state index contributed by atoms with van der Waals surface area (Å²) < 4.78 is 43.0. The van der Waals surface area contributed by atoms with Gasteiger partial charge in [0.25, 0.3) is 0 Å². The van der Waals surface area contributed by atoms with Gasteiger partial charge in [0.2, 0.25) is 0 Å². The molecular weight excluding hydrogens is 281 g/mol. The van der Waals surface area contributed by atoms with Crippen molar-refractivity contribution in [2.45, 2.75) is 32.0 Å². The van der Waals surface area contributed by atoms with E-state index in [0.29, 0.717) is 26.1 Å². The van der Waals surface area contributed by atoms with Crippen LogP contribution in [0.25, 0.3) is 0 Å². The molecule has 3 nitrogen and oxygen atoms in total. The highest BCUT2D eigenvalue weighted by Gasteiger charge is 2.35. The second-order valence-corrected chi connectivity index (χ2v) is 5.51. The Balaban J connectivity index is 2.04. The van der Waals surface area contributed by atoms with Crippen LogP contribution in [-0.4, -0.2) is 31.9 Å². The van der Waals surface area contributed by atoms with Gasteiger partial charge in [0.05, 0.1) is 6.61 Å². The van der Waals surface area contributed by atoms with Crippen molar-refractivity contribution in [3.63, 3.8) is 0 Å². The predicted molar refractivity (Wildman–Crippen MR) is 76.6 cm³/mol. The number of ether oxygens (including phenoxy) is 1. The van der Waals surface area contributed by atoms with E-state index in [1.54, 1.807) is 0 Å². The van der Waals surface area contributed by atoms with Gasteiger partial charge in [-0.2, -0.15) is 13.2 Å². The molecule has 0 saturated carbocycles. The van der Waals surface area contributed by atoms with E-state index < -0.39 is 18.5 Å². The largest absolute Gasteiger partial charge is 0.494 e. The first-order valence-corrected chi connectivity index (χ1v) is 7.17. The number of nitrogens with two attached hydrogens (primary N) is 1. The van der Waals surface area contributed by atoms with Gasteiger partial charge in [0.15, 0.2) is 0 Å². The summed E-state index contributed by atoms with van der Waals surface area (Å²) in [5.74, 6) is 0.315. The average molecular weight is 302 g/mol. The minimum Gasteiger partial charge on any atom is -0.494 e. The molecule has 1 aromatic rings. The molecule has 1 heterocycles. The molecule has 0 spiro atoms. The molecule has 1 aliphatic rings. The third kappa shape index (κ3) is 4.81. The van der Waals surface area contributed by atoms with Crippen molar-refractivity contribution >= 4 is 5.69 Å². The standard InChI is InChI=1S/C15H21F3N2O/c1-2-21-14-5-3-13(4-6-14)20-9-11(7-12(19)10-20)8-15(16,17)18/h3-6,11-12H,2,7-10,19H2,1H3. The first-order chi connectivity index (χ1) is 9.87. The lowest BCUT2D eigenvalue weighted by atomic mass is 9.91. The lowest BCUT2D eigenvalue weighted by Crippen LogP contribution is -2.48. The van der Waals surface area contributed by atoms with Crippen molar-refractivity contribution in [3.05, 3.63) is 24.3 Å². The summed E-state index contributed by atoms with van der Waals surface area (Å²) in [7, 11) is 0. The maximum atomic E-state index is 12.6. The molecule has 0 radical (unpaired) electrons. The van der Waals surface area contributed by atoms with Crippen LogP contribution in [0.3, 0.4) is 0 Å². The average Bonchev–Trinajstić information content (AvgIpc) is 2.37. The Labute approximate surface area is 122 Å². The topological polar surface area (TPSA) is 38.5 Å². The Morgan fingerprint density at radius 1 is 1.24 bits per heavy atom. The van der Waals surface area contributed by atoms with Crippen LogP contribution in [0.1, 0.15) is 19.8 Å². The van der Waals surface area contributed by atoms with E-state index in [-0.39, 0.29) is 6.04 Å². The highest BCUT2D eigenvalue weighted by atomic mass is 19.4. The SMILES string of the molecule is CCOc1ccc(N2CC(N)CC(CC(F)(F)F)C2)cc1. The summed E-state index contributed by atoms with van der Waals surface area (Å²) in [6, 6.07) is 7.18. The maximum absolute atomic E-state index is 12.6. The first kappa shape index (κ1) is 15.9. The number of alkyl halides is 3. The number of piperidine rings is 1. The van der Waals surface area contributed by atoms with Gasteiger partial charge >= 0.3 is 6.18 Å². The second-order valence-electron chi connectivity index (χ2n) is 5.51. The summed E-state index contributed by atoms with van der Waals surface area (Å²) >= 11 is 0. The monoisotopic (exact) mass is 302 g/mol. The summed E-state index contributed by atoms with van der Waals surface area (Å²) in [5.41, 5.74) is 6.81. The molecule has 1 aliphatic heterocycles. The van der Waals surface area contributed by atoms with Gasteiger partial charge in [0, 0.05) is 31.2 Å². The Morgan fingerprint density at radius 3 is 2.48 bits per heavy atom.